The van der Waals surface area contributed by atoms with Crippen molar-refractivity contribution in [1.29, 1.82) is 0 Å². The van der Waals surface area contributed by atoms with Gasteiger partial charge in [-0.05, 0) is 73.4 Å². The van der Waals surface area contributed by atoms with Crippen molar-refractivity contribution in [3.8, 4) is 16.9 Å². The second-order valence-corrected chi connectivity index (χ2v) is 15.6. The predicted molar refractivity (Wildman–Crippen MR) is 184 cm³/mol. The fourth-order valence-electron chi connectivity index (χ4n) is 7.73. The van der Waals surface area contributed by atoms with Crippen LogP contribution in [0.25, 0.3) is 32.9 Å². The number of amides is 1. The van der Waals surface area contributed by atoms with Crippen LogP contribution in [0.4, 0.5) is 24.9 Å². The van der Waals surface area contributed by atoms with E-state index in [2.05, 4.69) is 27.7 Å². The molecule has 3 saturated heterocycles. The third-order valence-electron chi connectivity index (χ3n) is 10.5. The molecule has 14 heteroatoms. The molecule has 10 nitrogen and oxygen atoms in total. The molecule has 4 fully saturated rings. The number of hydrogen-bond donors (Lipinski definition) is 1. The Morgan fingerprint density at radius 2 is 1.84 bits per heavy atom. The summed E-state index contributed by atoms with van der Waals surface area (Å²) in [4.78, 5) is 28.3. The quantitative estimate of drug-likeness (QED) is 0.200. The number of fused-ring (bicyclic) bond motifs is 2. The molecule has 1 amide bonds. The molecular weight excluding hydrogens is 655 g/mol. The second-order valence-electron chi connectivity index (χ2n) is 13.9. The van der Waals surface area contributed by atoms with E-state index in [4.69, 9.17) is 14.7 Å². The number of H-pyrrole nitrogens is 1. The van der Waals surface area contributed by atoms with Crippen molar-refractivity contribution in [3.63, 3.8) is 0 Å². The first kappa shape index (κ1) is 32.2. The van der Waals surface area contributed by atoms with Gasteiger partial charge in [0, 0.05) is 47.9 Å². The highest BCUT2D eigenvalue weighted by atomic mass is 32.2. The highest BCUT2D eigenvalue weighted by Crippen LogP contribution is 2.53. The summed E-state index contributed by atoms with van der Waals surface area (Å²) in [6.45, 7) is 7.80. The Labute approximate surface area is 284 Å². The molecule has 1 aliphatic carbocycles. The first-order valence-corrected chi connectivity index (χ1v) is 18.3. The van der Waals surface area contributed by atoms with Crippen molar-refractivity contribution in [2.24, 2.45) is 5.41 Å². The van der Waals surface area contributed by atoms with Gasteiger partial charge >= 0.3 is 6.18 Å². The molecule has 0 atom stereocenters. The summed E-state index contributed by atoms with van der Waals surface area (Å²) in [6, 6.07) is 5.96. The SMILES string of the molecule is C=CC(=O)N1CC2(CCN(c3nc(N4CC[S+]([O-])CC4)nc4c(OCC(F)(F)F)c(-c5c(C)ccc6[nH]ncc56)c(C5CC5)cc34)CC2)C1. The molecule has 1 spiro atoms. The number of anilines is 2. The van der Waals surface area contributed by atoms with E-state index in [1.54, 1.807) is 6.20 Å². The minimum Gasteiger partial charge on any atom is -0.616 e. The monoisotopic (exact) mass is 693 g/mol. The van der Waals surface area contributed by atoms with E-state index in [1.165, 1.54) is 6.08 Å². The van der Waals surface area contributed by atoms with Crippen molar-refractivity contribution in [1.82, 2.24) is 25.1 Å². The molecule has 258 valence electrons. The van der Waals surface area contributed by atoms with E-state index in [0.29, 0.717) is 79.0 Å². The maximum Gasteiger partial charge on any atom is 0.422 e. The van der Waals surface area contributed by atoms with Gasteiger partial charge in [0.15, 0.2) is 12.4 Å². The number of aryl methyl sites for hydroxylation is 1. The number of nitrogens with zero attached hydrogens (tertiary/aromatic N) is 6. The smallest absolute Gasteiger partial charge is 0.422 e. The molecule has 1 N–H and O–H groups in total. The Hall–Kier alpha value is -4.04. The number of benzene rings is 2. The van der Waals surface area contributed by atoms with Gasteiger partial charge in [-0.2, -0.15) is 23.3 Å². The Morgan fingerprint density at radius 1 is 1.10 bits per heavy atom. The number of aromatic nitrogens is 4. The third-order valence-corrected chi connectivity index (χ3v) is 11.8. The summed E-state index contributed by atoms with van der Waals surface area (Å²) in [6.07, 6.45) is 2.03. The zero-order valence-electron chi connectivity index (χ0n) is 27.3. The zero-order chi connectivity index (χ0) is 34.1. The van der Waals surface area contributed by atoms with Crippen LogP contribution in [0.5, 0.6) is 5.75 Å². The van der Waals surface area contributed by atoms with Gasteiger partial charge in [-0.25, -0.2) is 4.98 Å². The number of carbonyl (C=O) groups excluding carboxylic acids is 1. The highest BCUT2D eigenvalue weighted by Gasteiger charge is 2.46. The average Bonchev–Trinajstić information content (AvgIpc) is 3.81. The number of likely N-dealkylation sites (tertiary alicyclic amines) is 1. The summed E-state index contributed by atoms with van der Waals surface area (Å²) in [5.74, 6) is 2.20. The van der Waals surface area contributed by atoms with Crippen molar-refractivity contribution in [2.45, 2.75) is 44.7 Å². The lowest BCUT2D eigenvalue weighted by Crippen LogP contribution is -2.61. The van der Waals surface area contributed by atoms with Crippen LogP contribution in [0.3, 0.4) is 0 Å². The molecule has 5 heterocycles. The number of piperidine rings is 1. The first-order chi connectivity index (χ1) is 23.5. The maximum atomic E-state index is 14.0. The molecule has 0 bridgehead atoms. The summed E-state index contributed by atoms with van der Waals surface area (Å²) in [5, 5.41) is 8.73. The Morgan fingerprint density at radius 3 is 2.51 bits per heavy atom. The molecule has 0 radical (unpaired) electrons. The van der Waals surface area contributed by atoms with Gasteiger partial charge < -0.3 is 24.0 Å². The molecule has 0 unspecified atom stereocenters. The van der Waals surface area contributed by atoms with Gasteiger partial charge in [0.2, 0.25) is 11.9 Å². The van der Waals surface area contributed by atoms with Crippen LogP contribution in [0.2, 0.25) is 0 Å². The minimum absolute atomic E-state index is 0.0336. The summed E-state index contributed by atoms with van der Waals surface area (Å²) >= 11 is -0.942. The number of alkyl halides is 3. The van der Waals surface area contributed by atoms with Crippen LogP contribution >= 0.6 is 0 Å². The van der Waals surface area contributed by atoms with Crippen molar-refractivity contribution >= 4 is 50.7 Å². The minimum atomic E-state index is -4.57. The molecule has 2 aromatic carbocycles. The van der Waals surface area contributed by atoms with E-state index in [0.717, 1.165) is 53.3 Å². The zero-order valence-corrected chi connectivity index (χ0v) is 28.1. The molecule has 4 aromatic rings. The van der Waals surface area contributed by atoms with E-state index < -0.39 is 24.0 Å². The van der Waals surface area contributed by atoms with Gasteiger partial charge in [-0.15, -0.1) is 0 Å². The van der Waals surface area contributed by atoms with E-state index in [9.17, 15) is 22.5 Å². The molecule has 4 aliphatic rings. The number of aromatic amines is 1. The van der Waals surface area contributed by atoms with E-state index >= 15 is 0 Å². The Balaban J connectivity index is 1.31. The fraction of sp³-hybridized carbons (Fsp3) is 0.486. The highest BCUT2D eigenvalue weighted by molar-refractivity contribution is 7.91. The van der Waals surface area contributed by atoms with E-state index in [-0.39, 0.29) is 23.0 Å². The summed E-state index contributed by atoms with van der Waals surface area (Å²) in [7, 11) is 0. The largest absolute Gasteiger partial charge is 0.616 e. The number of carbonyl (C=O) groups is 1. The number of rotatable bonds is 7. The topological polar surface area (TPSA) is 114 Å². The predicted octanol–water partition coefficient (Wildman–Crippen LogP) is 5.48. The molecule has 3 aliphatic heterocycles. The van der Waals surface area contributed by atoms with Crippen LogP contribution in [-0.4, -0.2) is 99.1 Å². The van der Waals surface area contributed by atoms with Crippen LogP contribution in [0, 0.1) is 12.3 Å². The van der Waals surface area contributed by atoms with Gasteiger partial charge in [0.05, 0.1) is 24.8 Å². The van der Waals surface area contributed by atoms with Gasteiger partial charge in [-0.3, -0.25) is 9.89 Å². The first-order valence-electron chi connectivity index (χ1n) is 16.8. The normalized spacial score (nSPS) is 19.9. The number of nitrogens with one attached hydrogen (secondary N) is 1. The summed E-state index contributed by atoms with van der Waals surface area (Å²) < 4.78 is 60.1. The second kappa shape index (κ2) is 12.1. The average molecular weight is 694 g/mol. The maximum absolute atomic E-state index is 14.0. The van der Waals surface area contributed by atoms with E-state index in [1.807, 2.05) is 28.9 Å². The molecule has 49 heavy (non-hydrogen) atoms. The Bertz CT molecular complexity index is 1940. The molecular formula is C35H38F3N7O3S. The van der Waals surface area contributed by atoms with Gasteiger partial charge in [0.25, 0.3) is 0 Å². The lowest BCUT2D eigenvalue weighted by molar-refractivity contribution is -0.153. The number of ether oxygens (including phenoxy) is 1. The third kappa shape index (κ3) is 5.96. The van der Waals surface area contributed by atoms with Crippen molar-refractivity contribution < 1.29 is 27.3 Å². The molecule has 1 saturated carbocycles. The van der Waals surface area contributed by atoms with Crippen molar-refractivity contribution in [3.05, 3.63) is 48.2 Å². The lowest BCUT2D eigenvalue weighted by Gasteiger charge is -2.54. The number of halogens is 3. The van der Waals surface area contributed by atoms with Crippen LogP contribution in [0.1, 0.15) is 42.7 Å². The van der Waals surface area contributed by atoms with Crippen LogP contribution in [-0.2, 0) is 16.0 Å². The van der Waals surface area contributed by atoms with Gasteiger partial charge in [-0.1, -0.05) is 23.8 Å². The standard InChI is InChI=1S/C35H38F3N7O3S/c1-3-27(46)45-18-34(19-45)8-10-43(11-9-34)32-24-16-23(22-5-6-22)29(28-21(2)4-7-26-25(28)17-39-42-26)31(48-20-35(36,37)38)30(24)40-33(41-32)44-12-14-49(47)15-13-44/h3-4,7,16-17,22H,1,5-6,8-15,18-20H2,2H3,(H,39,42). The van der Waals surface area contributed by atoms with Crippen LogP contribution < -0.4 is 14.5 Å². The van der Waals surface area contributed by atoms with Gasteiger partial charge in [0.1, 0.15) is 22.8 Å². The van der Waals surface area contributed by atoms with Crippen LogP contribution in [0.15, 0.2) is 37.1 Å². The molecule has 2 aromatic heterocycles. The number of hydrogen-bond acceptors (Lipinski definition) is 8. The molecule has 8 rings (SSSR count). The fourth-order valence-corrected chi connectivity index (χ4v) is 8.79. The lowest BCUT2D eigenvalue weighted by atomic mass is 9.72. The van der Waals surface area contributed by atoms with Crippen molar-refractivity contribution in [2.75, 3.05) is 67.2 Å². The Kier molecular flexibility index (Phi) is 7.93. The summed E-state index contributed by atoms with van der Waals surface area (Å²) in [5.41, 5.74) is 4.38.